The number of thiazole rings is 1. The Morgan fingerprint density at radius 2 is 2.11 bits per heavy atom. The molecule has 35 heavy (non-hydrogen) atoms. The molecule has 1 saturated carbocycles. The molecule has 182 valence electrons. The number of aromatic nitrogens is 1. The zero-order valence-corrected chi connectivity index (χ0v) is 20.2. The summed E-state index contributed by atoms with van der Waals surface area (Å²) in [5.74, 6) is 2.13. The van der Waals surface area contributed by atoms with Crippen molar-refractivity contribution in [3.63, 3.8) is 0 Å². The van der Waals surface area contributed by atoms with Crippen LogP contribution >= 0.6 is 11.3 Å². The molecule has 3 heterocycles. The van der Waals surface area contributed by atoms with Gasteiger partial charge in [-0.25, -0.2) is 4.98 Å². The van der Waals surface area contributed by atoms with Crippen LogP contribution < -0.4 is 19.5 Å². The van der Waals surface area contributed by atoms with Gasteiger partial charge in [-0.15, -0.1) is 0 Å². The topological polar surface area (TPSA) is 93.2 Å². The first-order valence-corrected chi connectivity index (χ1v) is 12.6. The van der Waals surface area contributed by atoms with Gasteiger partial charge in [-0.1, -0.05) is 29.5 Å². The maximum Gasteiger partial charge on any atom is 0.236 e. The first-order valence-electron chi connectivity index (χ1n) is 11.8. The molecule has 2 atom stereocenters. The van der Waals surface area contributed by atoms with Gasteiger partial charge in [-0.05, 0) is 54.7 Å². The Hall–Kier alpha value is -3.14. The van der Waals surface area contributed by atoms with Crippen LogP contribution in [0.5, 0.6) is 17.2 Å². The summed E-state index contributed by atoms with van der Waals surface area (Å²) in [7, 11) is 1.65. The number of amides is 1. The molecule has 1 aromatic heterocycles. The van der Waals surface area contributed by atoms with Gasteiger partial charge in [0, 0.05) is 24.2 Å². The number of rotatable bonds is 7. The first kappa shape index (κ1) is 22.3. The minimum atomic E-state index is -0.557. The molecule has 1 aliphatic carbocycles. The standard InChI is InChI=1S/C26H27N3O5S/c1-32-19-4-2-3-16(11-19)23(29-10-7-18(30)14-29)22-13-27-25(35-22)28-24(31)26(8-9-26)17-5-6-20-21(12-17)34-15-33-20/h2-6,11-13,18,23,30H,7-10,14-15H2,1H3,(H,27,28,31)/t18-,23?/m1/s1. The number of benzene rings is 2. The van der Waals surface area contributed by atoms with Gasteiger partial charge in [0.25, 0.3) is 0 Å². The van der Waals surface area contributed by atoms with Crippen LogP contribution in [0.4, 0.5) is 5.13 Å². The maximum absolute atomic E-state index is 13.4. The number of methoxy groups -OCH3 is 1. The average Bonchev–Trinajstić information content (AvgIpc) is 3.16. The Kier molecular flexibility index (Phi) is 5.63. The van der Waals surface area contributed by atoms with Gasteiger partial charge in [-0.3, -0.25) is 9.69 Å². The molecule has 1 saturated heterocycles. The highest BCUT2D eigenvalue weighted by Gasteiger charge is 2.52. The minimum absolute atomic E-state index is 0.0493. The lowest BCUT2D eigenvalue weighted by Crippen LogP contribution is -2.28. The Bertz CT molecular complexity index is 1260. The number of β-amino-alcohol motifs (C(OH)–C–C–N with tert-alkyl or cyclic N) is 1. The third kappa shape index (κ3) is 4.13. The van der Waals surface area contributed by atoms with Gasteiger partial charge in [-0.2, -0.15) is 0 Å². The van der Waals surface area contributed by atoms with Crippen LogP contribution in [0.2, 0.25) is 0 Å². The Labute approximate surface area is 207 Å². The predicted octanol–water partition coefficient (Wildman–Crippen LogP) is 3.71. The van der Waals surface area contributed by atoms with Gasteiger partial charge < -0.3 is 24.6 Å². The largest absolute Gasteiger partial charge is 0.497 e. The van der Waals surface area contributed by atoms with Crippen molar-refractivity contribution in [2.24, 2.45) is 0 Å². The second-order valence-corrected chi connectivity index (χ2v) is 10.4. The molecule has 3 aliphatic rings. The van der Waals surface area contributed by atoms with Crippen LogP contribution in [0, 0.1) is 0 Å². The minimum Gasteiger partial charge on any atom is -0.497 e. The lowest BCUT2D eigenvalue weighted by molar-refractivity contribution is -0.118. The Morgan fingerprint density at radius 1 is 1.26 bits per heavy atom. The van der Waals surface area contributed by atoms with Crippen LogP contribution in [0.25, 0.3) is 0 Å². The van der Waals surface area contributed by atoms with Gasteiger partial charge in [0.15, 0.2) is 16.6 Å². The van der Waals surface area contributed by atoms with Crippen molar-refractivity contribution in [1.82, 2.24) is 9.88 Å². The van der Waals surface area contributed by atoms with Gasteiger partial charge in [0.1, 0.15) is 5.75 Å². The third-order valence-corrected chi connectivity index (χ3v) is 8.06. The zero-order valence-electron chi connectivity index (χ0n) is 19.4. The van der Waals surface area contributed by atoms with Crippen molar-refractivity contribution in [3.05, 3.63) is 64.7 Å². The van der Waals surface area contributed by atoms with Crippen molar-refractivity contribution >= 4 is 22.4 Å². The number of anilines is 1. The van der Waals surface area contributed by atoms with E-state index in [9.17, 15) is 9.90 Å². The number of nitrogens with one attached hydrogen (secondary N) is 1. The van der Waals surface area contributed by atoms with E-state index < -0.39 is 5.41 Å². The van der Waals surface area contributed by atoms with Crippen LogP contribution in [-0.4, -0.2) is 54.0 Å². The summed E-state index contributed by atoms with van der Waals surface area (Å²) >= 11 is 1.47. The molecule has 6 rings (SSSR count). The molecular formula is C26H27N3O5S. The third-order valence-electron chi connectivity index (χ3n) is 7.09. The summed E-state index contributed by atoms with van der Waals surface area (Å²) in [6.45, 7) is 1.59. The highest BCUT2D eigenvalue weighted by molar-refractivity contribution is 7.15. The molecule has 2 fully saturated rings. The summed E-state index contributed by atoms with van der Waals surface area (Å²) in [5, 5.41) is 13.8. The molecule has 8 nitrogen and oxygen atoms in total. The summed E-state index contributed by atoms with van der Waals surface area (Å²) in [6.07, 6.45) is 3.80. The Balaban J connectivity index is 1.24. The second-order valence-electron chi connectivity index (χ2n) is 9.29. The van der Waals surface area contributed by atoms with E-state index in [0.717, 1.165) is 47.6 Å². The number of hydrogen-bond donors (Lipinski definition) is 2. The maximum atomic E-state index is 13.4. The van der Waals surface area contributed by atoms with Crippen molar-refractivity contribution < 1.29 is 24.1 Å². The number of fused-ring (bicyclic) bond motifs is 1. The fourth-order valence-electron chi connectivity index (χ4n) is 5.02. The molecule has 2 aromatic carbocycles. The number of carbonyl (C=O) groups excluding carboxylic acids is 1. The highest BCUT2D eigenvalue weighted by atomic mass is 32.1. The van der Waals surface area contributed by atoms with Crippen molar-refractivity contribution in [2.45, 2.75) is 36.8 Å². The second kappa shape index (κ2) is 8.82. The summed E-state index contributed by atoms with van der Waals surface area (Å²) in [5.41, 5.74) is 1.45. The van der Waals surface area contributed by atoms with Crippen molar-refractivity contribution in [2.75, 3.05) is 32.3 Å². The molecule has 0 radical (unpaired) electrons. The lowest BCUT2D eigenvalue weighted by Gasteiger charge is -2.27. The molecule has 3 aromatic rings. The van der Waals surface area contributed by atoms with Gasteiger partial charge in [0.2, 0.25) is 12.7 Å². The van der Waals surface area contributed by atoms with E-state index >= 15 is 0 Å². The molecule has 0 spiro atoms. The monoisotopic (exact) mass is 493 g/mol. The SMILES string of the molecule is COc1cccc(C(c2cnc(NC(=O)C3(c4ccc5c(c4)OCO5)CC3)s2)N2CC[C@@H](O)C2)c1. The van der Waals surface area contributed by atoms with Crippen LogP contribution in [-0.2, 0) is 10.2 Å². The quantitative estimate of drug-likeness (QED) is 0.518. The number of ether oxygens (including phenoxy) is 3. The zero-order chi connectivity index (χ0) is 24.0. The van der Waals surface area contributed by atoms with E-state index in [1.807, 2.05) is 42.6 Å². The summed E-state index contributed by atoms with van der Waals surface area (Å²) in [4.78, 5) is 21.2. The van der Waals surface area contributed by atoms with E-state index in [1.54, 1.807) is 7.11 Å². The van der Waals surface area contributed by atoms with Gasteiger partial charge in [0.05, 0.1) is 24.7 Å². The molecule has 1 unspecified atom stereocenters. The summed E-state index contributed by atoms with van der Waals surface area (Å²) in [6, 6.07) is 13.6. The van der Waals surface area contributed by atoms with E-state index in [-0.39, 0.29) is 24.8 Å². The molecule has 2 N–H and O–H groups in total. The fraction of sp³-hybridized carbons (Fsp3) is 0.385. The number of carbonyl (C=O) groups is 1. The highest BCUT2D eigenvalue weighted by Crippen LogP contribution is 2.51. The van der Waals surface area contributed by atoms with Crippen molar-refractivity contribution in [1.29, 1.82) is 0 Å². The fourth-order valence-corrected chi connectivity index (χ4v) is 6.00. The molecule has 0 bridgehead atoms. The predicted molar refractivity (Wildman–Crippen MR) is 131 cm³/mol. The molecule has 9 heteroatoms. The molecular weight excluding hydrogens is 466 g/mol. The van der Waals surface area contributed by atoms with E-state index in [1.165, 1.54) is 11.3 Å². The molecule has 1 amide bonds. The number of nitrogens with zero attached hydrogens (tertiary/aromatic N) is 2. The molecule has 2 aliphatic heterocycles. The lowest BCUT2D eigenvalue weighted by atomic mass is 9.94. The number of aliphatic hydroxyl groups is 1. The van der Waals surface area contributed by atoms with Crippen molar-refractivity contribution in [3.8, 4) is 17.2 Å². The first-order chi connectivity index (χ1) is 17.1. The normalized spacial score (nSPS) is 21.0. The number of aliphatic hydroxyl groups excluding tert-OH is 1. The van der Waals surface area contributed by atoms with Gasteiger partial charge >= 0.3 is 0 Å². The smallest absolute Gasteiger partial charge is 0.236 e. The number of likely N-dealkylation sites (tertiary alicyclic amines) is 1. The van der Waals surface area contributed by atoms with E-state index in [0.29, 0.717) is 23.2 Å². The average molecular weight is 494 g/mol. The number of hydrogen-bond acceptors (Lipinski definition) is 8. The Morgan fingerprint density at radius 3 is 2.89 bits per heavy atom. The van der Waals surface area contributed by atoms with Crippen LogP contribution in [0.15, 0.2) is 48.7 Å². The van der Waals surface area contributed by atoms with E-state index in [4.69, 9.17) is 14.2 Å². The van der Waals surface area contributed by atoms with Crippen LogP contribution in [0.3, 0.4) is 0 Å². The summed E-state index contributed by atoms with van der Waals surface area (Å²) < 4.78 is 16.4. The van der Waals surface area contributed by atoms with Crippen LogP contribution in [0.1, 0.15) is 41.3 Å². The van der Waals surface area contributed by atoms with E-state index in [2.05, 4.69) is 21.3 Å².